The van der Waals surface area contributed by atoms with Crippen molar-refractivity contribution in [2.45, 2.75) is 48.5 Å². The molecule has 14 heteroatoms. The number of hydrogen-bond donors (Lipinski definition) is 0. The van der Waals surface area contributed by atoms with Gasteiger partial charge in [0.25, 0.3) is 0 Å². The number of rotatable bonds is 0. The van der Waals surface area contributed by atoms with Crippen LogP contribution in [0.1, 0.15) is 39.5 Å². The summed E-state index contributed by atoms with van der Waals surface area (Å²) in [5, 5.41) is 9.10. The molecule has 0 saturated carbocycles. The van der Waals surface area contributed by atoms with Gasteiger partial charge in [-0.1, -0.05) is 6.07 Å². The minimum Gasteiger partial charge on any atom is -0.264 e. The molecule has 0 bridgehead atoms. The quantitative estimate of drug-likeness (QED) is 0.140. The van der Waals surface area contributed by atoms with Crippen LogP contribution in [-0.2, 0) is 0 Å². The van der Waals surface area contributed by atoms with Crippen molar-refractivity contribution < 1.29 is 0 Å². The maximum Gasteiger partial charge on any atom is 0.0889 e. The summed E-state index contributed by atoms with van der Waals surface area (Å²) in [6.45, 7) is 14.0. The van der Waals surface area contributed by atoms with Gasteiger partial charge in [-0.15, -0.1) is 0 Å². The maximum atomic E-state index is 4.24. The van der Waals surface area contributed by atoms with Gasteiger partial charge in [-0.05, 0) is 168 Å². The standard InChI is InChI=1S/7C9H8N2/c1-7-4-9-5-10-3-2-8(9)6-11-7;1-7-4-8-2-3-10-5-9(8)6-11-7;1-7-4-8-6-10-3-2-9(8)11-5-7;1-7-4-8-2-3-10-6-9(8)11-5-7;1-7-5-9-8(6-11-7)3-2-4-10-9;1-7-5-8-3-2-4-10-9(8)6-11-7;1-7-5-9-8(11-6-7)3-2-4-10-9/h7*2-6H,1H3. The zero-order chi connectivity index (χ0) is 53.8. The first kappa shape index (κ1) is 53.2. The molecule has 0 aromatic carbocycles. The van der Waals surface area contributed by atoms with E-state index in [2.05, 4.69) is 88.0 Å². The smallest absolute Gasteiger partial charge is 0.0889 e. The Kier molecular flexibility index (Phi) is 18.5. The monoisotopic (exact) mass is 1010 g/mol. The maximum absolute atomic E-state index is 4.24. The molecule has 0 aliphatic carbocycles. The van der Waals surface area contributed by atoms with E-state index in [0.717, 1.165) is 99.1 Å². The van der Waals surface area contributed by atoms with E-state index in [9.17, 15) is 0 Å². The number of nitrogens with zero attached hydrogens (tertiary/aromatic N) is 14. The Balaban J connectivity index is 0.000000119. The molecule has 14 aromatic rings. The summed E-state index contributed by atoms with van der Waals surface area (Å²) in [5.74, 6) is 0. The second-order valence-corrected chi connectivity index (χ2v) is 17.9. The first-order valence-electron chi connectivity index (χ1n) is 24.7. The van der Waals surface area contributed by atoms with Crippen LogP contribution in [0.5, 0.6) is 0 Å². The first-order chi connectivity index (χ1) is 37.5. The highest BCUT2D eigenvalue weighted by Gasteiger charge is 1.97. The lowest BCUT2D eigenvalue weighted by Crippen LogP contribution is -1.82. The molecular weight excluding hydrogens is 953 g/mol. The number of aryl methyl sites for hydroxylation is 7. The van der Waals surface area contributed by atoms with Gasteiger partial charge in [0.1, 0.15) is 0 Å². The second-order valence-electron chi connectivity index (χ2n) is 17.9. The molecule has 14 rings (SSSR count). The Morgan fingerprint density at radius 2 is 0.649 bits per heavy atom. The van der Waals surface area contributed by atoms with Crippen molar-refractivity contribution in [2.75, 3.05) is 0 Å². The normalized spacial score (nSPS) is 10.3. The second kappa shape index (κ2) is 26.7. The van der Waals surface area contributed by atoms with E-state index in [1.807, 2.05) is 189 Å². The molecule has 0 aliphatic heterocycles. The molecule has 14 heterocycles. The summed E-state index contributed by atoms with van der Waals surface area (Å²) in [5.41, 5.74) is 13.5. The third kappa shape index (κ3) is 16.0. The average Bonchev–Trinajstić information content (AvgIpc) is 3.46. The van der Waals surface area contributed by atoms with Crippen LogP contribution in [0.3, 0.4) is 0 Å². The van der Waals surface area contributed by atoms with E-state index in [4.69, 9.17) is 0 Å². The van der Waals surface area contributed by atoms with Crippen LogP contribution in [0, 0.1) is 48.5 Å². The molecule has 0 spiro atoms. The molecule has 0 saturated heterocycles. The highest BCUT2D eigenvalue weighted by molar-refractivity contribution is 5.82. The van der Waals surface area contributed by atoms with Crippen LogP contribution in [-0.4, -0.2) is 69.8 Å². The molecule has 14 nitrogen and oxygen atoms in total. The lowest BCUT2D eigenvalue weighted by Gasteiger charge is -1.95. The highest BCUT2D eigenvalue weighted by Crippen LogP contribution is 2.15. The van der Waals surface area contributed by atoms with E-state index < -0.39 is 0 Å². The van der Waals surface area contributed by atoms with Crippen LogP contribution in [0.4, 0.5) is 0 Å². The van der Waals surface area contributed by atoms with Gasteiger partial charge >= 0.3 is 0 Å². The van der Waals surface area contributed by atoms with E-state index in [-0.39, 0.29) is 0 Å². The highest BCUT2D eigenvalue weighted by atomic mass is 14.8. The van der Waals surface area contributed by atoms with Gasteiger partial charge in [0.05, 0.1) is 45.5 Å². The number of fused-ring (bicyclic) bond motifs is 7. The van der Waals surface area contributed by atoms with E-state index in [1.165, 1.54) is 16.5 Å². The van der Waals surface area contributed by atoms with E-state index in [1.54, 1.807) is 55.8 Å². The van der Waals surface area contributed by atoms with Crippen molar-refractivity contribution >= 4 is 76.2 Å². The summed E-state index contributed by atoms with van der Waals surface area (Å²) >= 11 is 0. The van der Waals surface area contributed by atoms with Gasteiger partial charge in [0.15, 0.2) is 0 Å². The summed E-state index contributed by atoms with van der Waals surface area (Å²) in [7, 11) is 0. The summed E-state index contributed by atoms with van der Waals surface area (Å²) in [6.07, 6.45) is 32.7. The fourth-order valence-corrected chi connectivity index (χ4v) is 7.55. The predicted molar refractivity (Wildman–Crippen MR) is 310 cm³/mol. The lowest BCUT2D eigenvalue weighted by molar-refractivity contribution is 1.21. The number of pyridine rings is 14. The minimum absolute atomic E-state index is 0.957. The van der Waals surface area contributed by atoms with Crippen LogP contribution in [0.15, 0.2) is 215 Å². The molecular formula is C63H56N14. The predicted octanol–water partition coefficient (Wildman–Crippen LogP) is 13.6. The summed E-state index contributed by atoms with van der Waals surface area (Å²) in [6, 6.07) is 33.9. The Morgan fingerprint density at radius 1 is 0.208 bits per heavy atom. The fourth-order valence-electron chi connectivity index (χ4n) is 7.55. The third-order valence-corrected chi connectivity index (χ3v) is 11.4. The van der Waals surface area contributed by atoms with Gasteiger partial charge in [-0.25, -0.2) is 0 Å². The average molecular weight is 1010 g/mol. The Morgan fingerprint density at radius 3 is 1.38 bits per heavy atom. The van der Waals surface area contributed by atoms with E-state index in [0.29, 0.717) is 0 Å². The first-order valence-corrected chi connectivity index (χ1v) is 24.7. The van der Waals surface area contributed by atoms with E-state index >= 15 is 0 Å². The Bertz CT molecular complexity index is 3430. The van der Waals surface area contributed by atoms with Crippen molar-refractivity contribution in [2.24, 2.45) is 0 Å². The van der Waals surface area contributed by atoms with Crippen molar-refractivity contribution in [1.82, 2.24) is 69.8 Å². The van der Waals surface area contributed by atoms with Crippen molar-refractivity contribution in [3.63, 3.8) is 0 Å². The van der Waals surface area contributed by atoms with Gasteiger partial charge in [0.2, 0.25) is 0 Å². The molecule has 0 unspecified atom stereocenters. The van der Waals surface area contributed by atoms with Gasteiger partial charge < -0.3 is 0 Å². The third-order valence-electron chi connectivity index (χ3n) is 11.4. The minimum atomic E-state index is 0.957. The van der Waals surface area contributed by atoms with Crippen LogP contribution in [0.25, 0.3) is 76.2 Å². The lowest BCUT2D eigenvalue weighted by atomic mass is 10.2. The SMILES string of the molecule is Cc1cc2cccnc2cn1.Cc1cc2ccncc2cn1.Cc1cc2cnccc2cn1.Cc1cc2ncccc2cn1.Cc1cnc2cccnc2c1.Cc1cnc2ccncc2c1.Cc1cnc2cnccc2c1. The van der Waals surface area contributed by atoms with Crippen molar-refractivity contribution in [1.29, 1.82) is 0 Å². The van der Waals surface area contributed by atoms with Crippen molar-refractivity contribution in [3.05, 3.63) is 254 Å². The Labute approximate surface area is 446 Å². The van der Waals surface area contributed by atoms with Gasteiger partial charge in [0, 0.05) is 160 Å². The zero-order valence-corrected chi connectivity index (χ0v) is 44.0. The largest absolute Gasteiger partial charge is 0.264 e. The van der Waals surface area contributed by atoms with Crippen LogP contribution in [0.2, 0.25) is 0 Å². The number of hydrogen-bond acceptors (Lipinski definition) is 14. The molecule has 77 heavy (non-hydrogen) atoms. The van der Waals surface area contributed by atoms with Gasteiger partial charge in [-0.2, -0.15) is 0 Å². The molecule has 0 N–H and O–H groups in total. The topological polar surface area (TPSA) is 180 Å². The molecule has 0 aliphatic rings. The van der Waals surface area contributed by atoms with Crippen LogP contribution >= 0.6 is 0 Å². The van der Waals surface area contributed by atoms with Gasteiger partial charge in [-0.3, -0.25) is 69.8 Å². The molecule has 0 fully saturated rings. The van der Waals surface area contributed by atoms with Crippen LogP contribution < -0.4 is 0 Å². The fraction of sp³-hybridized carbons (Fsp3) is 0.111. The summed E-state index contributed by atoms with van der Waals surface area (Å²) < 4.78 is 0. The summed E-state index contributed by atoms with van der Waals surface area (Å²) in [4.78, 5) is 57.9. The molecule has 14 aromatic heterocycles. The molecule has 0 amide bonds. The number of aromatic nitrogens is 14. The molecule has 0 atom stereocenters. The Hall–Kier alpha value is -10.1. The zero-order valence-electron chi connectivity index (χ0n) is 44.0. The molecule has 378 valence electrons. The van der Waals surface area contributed by atoms with Crippen molar-refractivity contribution in [3.8, 4) is 0 Å². The molecule has 0 radical (unpaired) electrons.